The molecule has 0 aliphatic carbocycles. The van der Waals surface area contributed by atoms with Crippen LogP contribution < -0.4 is 5.32 Å². The molecule has 2 rings (SSSR count). The zero-order valence-electron chi connectivity index (χ0n) is 14.3. The number of hydrogen-bond acceptors (Lipinski definition) is 2. The molecule has 0 radical (unpaired) electrons. The molecule has 0 aliphatic rings. The summed E-state index contributed by atoms with van der Waals surface area (Å²) in [6.07, 6.45) is 0. The molecule has 2 aromatic rings. The normalized spacial score (nSPS) is 12.2. The Morgan fingerprint density at radius 2 is 1.61 bits per heavy atom. The Morgan fingerprint density at radius 3 is 2.17 bits per heavy atom. The van der Waals surface area contributed by atoms with Crippen LogP contribution in [0.25, 0.3) is 0 Å². The number of benzene rings is 2. The van der Waals surface area contributed by atoms with Gasteiger partial charge in [0.2, 0.25) is 5.91 Å². The van der Waals surface area contributed by atoms with E-state index in [2.05, 4.69) is 55.3 Å². The van der Waals surface area contributed by atoms with Gasteiger partial charge in [-0.1, -0.05) is 74.0 Å². The molecule has 0 aromatic heterocycles. The Hall–Kier alpha value is -2.13. The zero-order chi connectivity index (χ0) is 16.7. The van der Waals surface area contributed by atoms with Crippen molar-refractivity contribution in [1.82, 2.24) is 10.2 Å². The molecule has 3 nitrogen and oxygen atoms in total. The van der Waals surface area contributed by atoms with E-state index in [-0.39, 0.29) is 11.9 Å². The van der Waals surface area contributed by atoms with Gasteiger partial charge in [0, 0.05) is 6.54 Å². The number of rotatable bonds is 7. The summed E-state index contributed by atoms with van der Waals surface area (Å²) in [6.45, 7) is 8.49. The molecule has 0 saturated heterocycles. The molecule has 1 atom stereocenters. The molecule has 1 amide bonds. The Morgan fingerprint density at radius 1 is 1.00 bits per heavy atom. The van der Waals surface area contributed by atoms with Crippen molar-refractivity contribution in [3.63, 3.8) is 0 Å². The standard InChI is InChI=1S/C20H26N2O/c1-4-22(5-2)19(18-9-7-6-8-10-18)20(23)21-15-17-13-11-16(3)12-14-17/h6-14,19H,4-5,15H2,1-3H3,(H,21,23). The predicted octanol–water partition coefficient (Wildman–Crippen LogP) is 3.69. The number of hydrogen-bond donors (Lipinski definition) is 1. The first-order chi connectivity index (χ1) is 11.2. The summed E-state index contributed by atoms with van der Waals surface area (Å²) in [7, 11) is 0. The van der Waals surface area contributed by atoms with Crippen LogP contribution in [0.1, 0.15) is 36.6 Å². The highest BCUT2D eigenvalue weighted by Crippen LogP contribution is 2.20. The largest absolute Gasteiger partial charge is 0.350 e. The molecule has 0 bridgehead atoms. The third kappa shape index (κ3) is 4.67. The minimum atomic E-state index is -0.239. The number of likely N-dealkylation sites (N-methyl/N-ethyl adjacent to an activating group) is 1. The third-order valence-corrected chi connectivity index (χ3v) is 4.13. The number of carbonyl (C=O) groups excluding carboxylic acids is 1. The van der Waals surface area contributed by atoms with Crippen LogP contribution in [0, 0.1) is 6.92 Å². The lowest BCUT2D eigenvalue weighted by Gasteiger charge is -2.29. The second kappa shape index (κ2) is 8.49. The smallest absolute Gasteiger partial charge is 0.242 e. The summed E-state index contributed by atoms with van der Waals surface area (Å²) in [5.41, 5.74) is 3.39. The average Bonchev–Trinajstić information content (AvgIpc) is 2.59. The number of amides is 1. The van der Waals surface area contributed by atoms with Gasteiger partial charge in [-0.25, -0.2) is 0 Å². The van der Waals surface area contributed by atoms with E-state index in [4.69, 9.17) is 0 Å². The maximum atomic E-state index is 12.8. The van der Waals surface area contributed by atoms with E-state index in [0.717, 1.165) is 24.2 Å². The Labute approximate surface area is 139 Å². The van der Waals surface area contributed by atoms with E-state index in [0.29, 0.717) is 6.54 Å². The zero-order valence-corrected chi connectivity index (χ0v) is 14.3. The SMILES string of the molecule is CCN(CC)C(C(=O)NCc1ccc(C)cc1)c1ccccc1. The van der Waals surface area contributed by atoms with Crippen molar-refractivity contribution < 1.29 is 4.79 Å². The second-order valence-corrected chi connectivity index (χ2v) is 5.74. The van der Waals surface area contributed by atoms with Gasteiger partial charge in [-0.15, -0.1) is 0 Å². The van der Waals surface area contributed by atoms with Crippen LogP contribution in [-0.4, -0.2) is 23.9 Å². The van der Waals surface area contributed by atoms with E-state index in [1.54, 1.807) is 0 Å². The van der Waals surface area contributed by atoms with Crippen molar-refractivity contribution in [1.29, 1.82) is 0 Å². The maximum Gasteiger partial charge on any atom is 0.242 e. The molecule has 2 aromatic carbocycles. The fourth-order valence-electron chi connectivity index (χ4n) is 2.74. The average molecular weight is 310 g/mol. The van der Waals surface area contributed by atoms with Gasteiger partial charge in [0.15, 0.2) is 0 Å². The van der Waals surface area contributed by atoms with E-state index in [1.807, 2.05) is 30.3 Å². The van der Waals surface area contributed by atoms with Crippen LogP contribution in [0.5, 0.6) is 0 Å². The fourth-order valence-corrected chi connectivity index (χ4v) is 2.74. The first kappa shape index (κ1) is 17.2. The molecule has 122 valence electrons. The molecule has 0 aliphatic heterocycles. The lowest BCUT2D eigenvalue weighted by atomic mass is 10.0. The highest BCUT2D eigenvalue weighted by atomic mass is 16.2. The third-order valence-electron chi connectivity index (χ3n) is 4.13. The van der Waals surface area contributed by atoms with Gasteiger partial charge in [0.25, 0.3) is 0 Å². The lowest BCUT2D eigenvalue weighted by Crippen LogP contribution is -2.40. The first-order valence-corrected chi connectivity index (χ1v) is 8.28. The second-order valence-electron chi connectivity index (χ2n) is 5.74. The van der Waals surface area contributed by atoms with E-state index in [9.17, 15) is 4.79 Å². The fraction of sp³-hybridized carbons (Fsp3) is 0.350. The highest BCUT2D eigenvalue weighted by molar-refractivity contribution is 5.83. The summed E-state index contributed by atoms with van der Waals surface area (Å²) in [4.78, 5) is 15.0. The van der Waals surface area contributed by atoms with Gasteiger partial charge in [-0.3, -0.25) is 9.69 Å². The van der Waals surface area contributed by atoms with Gasteiger partial charge in [-0.05, 0) is 31.1 Å². The van der Waals surface area contributed by atoms with Crippen LogP contribution in [0.4, 0.5) is 0 Å². The molecule has 1 unspecified atom stereocenters. The van der Waals surface area contributed by atoms with Gasteiger partial charge in [0.1, 0.15) is 6.04 Å². The molecular formula is C20H26N2O. The summed E-state index contributed by atoms with van der Waals surface area (Å²) < 4.78 is 0. The predicted molar refractivity (Wildman–Crippen MR) is 95.1 cm³/mol. The minimum Gasteiger partial charge on any atom is -0.350 e. The van der Waals surface area contributed by atoms with Gasteiger partial charge in [-0.2, -0.15) is 0 Å². The monoisotopic (exact) mass is 310 g/mol. The van der Waals surface area contributed by atoms with Crippen LogP contribution in [0.2, 0.25) is 0 Å². The van der Waals surface area contributed by atoms with Crippen molar-refractivity contribution in [2.75, 3.05) is 13.1 Å². The van der Waals surface area contributed by atoms with E-state index in [1.165, 1.54) is 5.56 Å². The quantitative estimate of drug-likeness (QED) is 0.846. The van der Waals surface area contributed by atoms with Gasteiger partial charge in [0.05, 0.1) is 0 Å². The van der Waals surface area contributed by atoms with Crippen molar-refractivity contribution in [2.45, 2.75) is 33.4 Å². The Kier molecular flexibility index (Phi) is 6.36. The van der Waals surface area contributed by atoms with Gasteiger partial charge < -0.3 is 5.32 Å². The van der Waals surface area contributed by atoms with Gasteiger partial charge >= 0.3 is 0 Å². The maximum absolute atomic E-state index is 12.8. The molecule has 3 heteroatoms. The first-order valence-electron chi connectivity index (χ1n) is 8.28. The van der Waals surface area contributed by atoms with E-state index < -0.39 is 0 Å². The molecule has 1 N–H and O–H groups in total. The minimum absolute atomic E-state index is 0.0560. The summed E-state index contributed by atoms with van der Waals surface area (Å²) >= 11 is 0. The molecule has 0 heterocycles. The van der Waals surface area contributed by atoms with Crippen LogP contribution in [0.15, 0.2) is 54.6 Å². The van der Waals surface area contributed by atoms with Crippen LogP contribution in [0.3, 0.4) is 0 Å². The molecule has 23 heavy (non-hydrogen) atoms. The van der Waals surface area contributed by atoms with Crippen molar-refractivity contribution in [2.24, 2.45) is 0 Å². The lowest BCUT2D eigenvalue weighted by molar-refractivity contribution is -0.126. The molecule has 0 fully saturated rings. The topological polar surface area (TPSA) is 32.3 Å². The van der Waals surface area contributed by atoms with Crippen LogP contribution in [-0.2, 0) is 11.3 Å². The number of nitrogens with one attached hydrogen (secondary N) is 1. The van der Waals surface area contributed by atoms with E-state index >= 15 is 0 Å². The molecule has 0 saturated carbocycles. The highest BCUT2D eigenvalue weighted by Gasteiger charge is 2.25. The number of nitrogens with zero attached hydrogens (tertiary/aromatic N) is 1. The van der Waals surface area contributed by atoms with Crippen molar-refractivity contribution in [3.05, 3.63) is 71.3 Å². The van der Waals surface area contributed by atoms with Crippen LogP contribution >= 0.6 is 0 Å². The Balaban J connectivity index is 2.11. The molecular weight excluding hydrogens is 284 g/mol. The number of carbonyl (C=O) groups is 1. The number of aryl methyl sites for hydroxylation is 1. The van der Waals surface area contributed by atoms with Crippen molar-refractivity contribution in [3.8, 4) is 0 Å². The van der Waals surface area contributed by atoms with Crippen molar-refractivity contribution >= 4 is 5.91 Å². The molecule has 0 spiro atoms. The summed E-state index contributed by atoms with van der Waals surface area (Å²) in [5, 5.41) is 3.09. The summed E-state index contributed by atoms with van der Waals surface area (Å²) in [6, 6.07) is 18.0. The Bertz CT molecular complexity index is 603. The summed E-state index contributed by atoms with van der Waals surface area (Å²) in [5.74, 6) is 0.0560.